The van der Waals surface area contributed by atoms with Crippen molar-refractivity contribution in [1.82, 2.24) is 4.90 Å². The summed E-state index contributed by atoms with van der Waals surface area (Å²) in [5, 5.41) is 10.1. The zero-order valence-corrected chi connectivity index (χ0v) is 18.9. The molecule has 0 saturated heterocycles. The molecule has 1 heterocycles. The number of carbonyl (C=O) groups excluding carboxylic acids is 1. The molecule has 0 bridgehead atoms. The first kappa shape index (κ1) is 24.7. The molecule has 10 heteroatoms. The van der Waals surface area contributed by atoms with Crippen LogP contribution < -0.4 is 0 Å². The van der Waals surface area contributed by atoms with Gasteiger partial charge in [-0.05, 0) is 56.3 Å². The second kappa shape index (κ2) is 9.11. The Hall–Kier alpha value is -2.97. The summed E-state index contributed by atoms with van der Waals surface area (Å²) in [6, 6.07) is 11.7. The van der Waals surface area contributed by atoms with Crippen molar-refractivity contribution in [3.8, 4) is 11.3 Å². The summed E-state index contributed by atoms with van der Waals surface area (Å²) in [6.45, 7) is 2.41. The van der Waals surface area contributed by atoms with E-state index in [1.165, 1.54) is 56.3 Å². The van der Waals surface area contributed by atoms with Crippen LogP contribution in [0.3, 0.4) is 0 Å². The Morgan fingerprint density at radius 3 is 2.33 bits per heavy atom. The number of hydrogen-bond acceptors (Lipinski definition) is 3. The molecule has 3 rings (SSSR count). The maximum atomic E-state index is 13.2. The summed E-state index contributed by atoms with van der Waals surface area (Å²) in [6.07, 6.45) is -4.52. The van der Waals surface area contributed by atoms with Gasteiger partial charge in [0.05, 0.1) is 22.7 Å². The van der Waals surface area contributed by atoms with Gasteiger partial charge in [0.2, 0.25) is 0 Å². The number of benzene rings is 2. The van der Waals surface area contributed by atoms with E-state index < -0.39 is 29.2 Å². The van der Waals surface area contributed by atoms with Crippen LogP contribution in [0.2, 0.25) is 10.0 Å². The number of carbonyl (C=O) groups is 2. The standard InChI is InChI=1S/C23H18Cl2F3NO4/c1-22(2,21(31)32)29(20(30)17-8-6-15(24)11-18(17)25)12-16-7-9-19(33-16)13-4-3-5-14(10-13)23(26,27)28/h3-11H,12H2,1-2H3,(H,31,32). The average molecular weight is 500 g/mol. The van der Waals surface area contributed by atoms with E-state index in [1.54, 1.807) is 0 Å². The van der Waals surface area contributed by atoms with Crippen LogP contribution in [-0.2, 0) is 17.5 Å². The van der Waals surface area contributed by atoms with Crippen LogP contribution >= 0.6 is 23.2 Å². The highest BCUT2D eigenvalue weighted by atomic mass is 35.5. The van der Waals surface area contributed by atoms with Gasteiger partial charge in [0.15, 0.2) is 0 Å². The van der Waals surface area contributed by atoms with Crippen molar-refractivity contribution in [3.63, 3.8) is 0 Å². The van der Waals surface area contributed by atoms with E-state index in [1.807, 2.05) is 0 Å². The Balaban J connectivity index is 1.96. The van der Waals surface area contributed by atoms with Crippen LogP contribution in [-0.4, -0.2) is 27.4 Å². The first-order valence-electron chi connectivity index (χ1n) is 9.57. The Kier molecular flexibility index (Phi) is 6.81. The number of rotatable bonds is 6. The highest BCUT2D eigenvalue weighted by Crippen LogP contribution is 2.33. The monoisotopic (exact) mass is 499 g/mol. The quantitative estimate of drug-likeness (QED) is 0.405. The van der Waals surface area contributed by atoms with Crippen molar-refractivity contribution in [1.29, 1.82) is 0 Å². The van der Waals surface area contributed by atoms with Crippen molar-refractivity contribution < 1.29 is 32.3 Å². The number of hydrogen-bond donors (Lipinski definition) is 1. The molecule has 0 unspecified atom stereocenters. The number of alkyl halides is 3. The van der Waals surface area contributed by atoms with Gasteiger partial charge in [0.25, 0.3) is 5.91 Å². The Morgan fingerprint density at radius 1 is 1.03 bits per heavy atom. The fraction of sp³-hybridized carbons (Fsp3) is 0.217. The fourth-order valence-corrected chi connectivity index (χ4v) is 3.56. The molecule has 0 radical (unpaired) electrons. The summed E-state index contributed by atoms with van der Waals surface area (Å²) in [4.78, 5) is 26.2. The molecule has 0 spiro atoms. The second-order valence-electron chi connectivity index (χ2n) is 7.72. The SMILES string of the molecule is CC(C)(C(=O)O)N(Cc1ccc(-c2cccc(C(F)(F)F)c2)o1)C(=O)c1ccc(Cl)cc1Cl. The molecular formula is C23H18Cl2F3NO4. The van der Waals surface area contributed by atoms with Crippen molar-refractivity contribution >= 4 is 35.1 Å². The van der Waals surface area contributed by atoms with Gasteiger partial charge in [-0.3, -0.25) is 4.79 Å². The maximum absolute atomic E-state index is 13.2. The molecule has 0 aliphatic rings. The van der Waals surface area contributed by atoms with Crippen LogP contribution in [0.15, 0.2) is 59.0 Å². The van der Waals surface area contributed by atoms with Crippen LogP contribution in [0.4, 0.5) is 13.2 Å². The van der Waals surface area contributed by atoms with E-state index in [4.69, 9.17) is 27.6 Å². The number of halogens is 5. The molecule has 1 amide bonds. The minimum absolute atomic E-state index is 0.0417. The molecule has 0 fully saturated rings. The molecule has 1 aromatic heterocycles. The lowest BCUT2D eigenvalue weighted by atomic mass is 10.0. The molecule has 0 aliphatic heterocycles. The lowest BCUT2D eigenvalue weighted by Gasteiger charge is -2.34. The number of nitrogens with zero attached hydrogens (tertiary/aromatic N) is 1. The topological polar surface area (TPSA) is 70.8 Å². The first-order chi connectivity index (χ1) is 15.3. The largest absolute Gasteiger partial charge is 0.480 e. The van der Waals surface area contributed by atoms with Gasteiger partial charge >= 0.3 is 12.1 Å². The lowest BCUT2D eigenvalue weighted by molar-refractivity contribution is -0.148. The van der Waals surface area contributed by atoms with E-state index in [-0.39, 0.29) is 34.2 Å². The van der Waals surface area contributed by atoms with Crippen molar-refractivity contribution in [2.24, 2.45) is 0 Å². The third-order valence-corrected chi connectivity index (χ3v) is 5.60. The highest BCUT2D eigenvalue weighted by Gasteiger charge is 2.39. The van der Waals surface area contributed by atoms with Crippen molar-refractivity contribution in [2.45, 2.75) is 32.1 Å². The minimum atomic E-state index is -4.52. The van der Waals surface area contributed by atoms with Crippen LogP contribution in [0, 0.1) is 0 Å². The molecule has 174 valence electrons. The molecule has 3 aromatic rings. The summed E-state index contributed by atoms with van der Waals surface area (Å²) < 4.78 is 44.7. The molecule has 0 saturated carbocycles. The number of aliphatic carboxylic acids is 1. The maximum Gasteiger partial charge on any atom is 0.416 e. The number of furan rings is 1. The fourth-order valence-electron chi connectivity index (χ4n) is 3.07. The third kappa shape index (κ3) is 5.34. The predicted molar refractivity (Wildman–Crippen MR) is 117 cm³/mol. The molecule has 5 nitrogen and oxygen atoms in total. The molecule has 1 N–H and O–H groups in total. The van der Waals surface area contributed by atoms with E-state index in [0.29, 0.717) is 5.02 Å². The van der Waals surface area contributed by atoms with Crippen LogP contribution in [0.5, 0.6) is 0 Å². The zero-order chi connectivity index (χ0) is 24.6. The third-order valence-electron chi connectivity index (χ3n) is 5.05. The van der Waals surface area contributed by atoms with Gasteiger partial charge in [-0.1, -0.05) is 35.3 Å². The van der Waals surface area contributed by atoms with Gasteiger partial charge in [0.1, 0.15) is 17.1 Å². The van der Waals surface area contributed by atoms with Crippen molar-refractivity contribution in [3.05, 3.63) is 81.5 Å². The first-order valence-corrected chi connectivity index (χ1v) is 10.3. The summed E-state index contributed by atoms with van der Waals surface area (Å²) >= 11 is 12.0. The van der Waals surface area contributed by atoms with Crippen LogP contribution in [0.25, 0.3) is 11.3 Å². The van der Waals surface area contributed by atoms with E-state index in [2.05, 4.69) is 0 Å². The molecule has 2 aromatic carbocycles. The van der Waals surface area contributed by atoms with Gasteiger partial charge < -0.3 is 14.4 Å². The highest BCUT2D eigenvalue weighted by molar-refractivity contribution is 6.36. The van der Waals surface area contributed by atoms with E-state index in [9.17, 15) is 27.9 Å². The number of carboxylic acids is 1. The Labute approximate surface area is 197 Å². The number of amides is 1. The summed E-state index contributed by atoms with van der Waals surface area (Å²) in [5.74, 6) is -1.64. The van der Waals surface area contributed by atoms with Gasteiger partial charge in [-0.2, -0.15) is 13.2 Å². The van der Waals surface area contributed by atoms with Crippen LogP contribution in [0.1, 0.15) is 35.5 Å². The molecule has 0 aliphatic carbocycles. The molecular weight excluding hydrogens is 482 g/mol. The average Bonchev–Trinajstić information content (AvgIpc) is 3.19. The predicted octanol–water partition coefficient (Wildman–Crippen LogP) is 6.78. The van der Waals surface area contributed by atoms with E-state index >= 15 is 0 Å². The summed E-state index contributed by atoms with van der Waals surface area (Å²) in [5.41, 5.74) is -2.27. The van der Waals surface area contributed by atoms with E-state index in [0.717, 1.165) is 17.0 Å². The molecule has 0 atom stereocenters. The van der Waals surface area contributed by atoms with Gasteiger partial charge in [-0.15, -0.1) is 0 Å². The van der Waals surface area contributed by atoms with Crippen molar-refractivity contribution in [2.75, 3.05) is 0 Å². The summed E-state index contributed by atoms with van der Waals surface area (Å²) in [7, 11) is 0. The molecule has 33 heavy (non-hydrogen) atoms. The zero-order valence-electron chi connectivity index (χ0n) is 17.4. The second-order valence-corrected chi connectivity index (χ2v) is 8.57. The lowest BCUT2D eigenvalue weighted by Crippen LogP contribution is -2.52. The number of carboxylic acid groups (broad SMARTS) is 1. The Morgan fingerprint density at radius 2 is 1.73 bits per heavy atom. The Bertz CT molecular complexity index is 1200. The van der Waals surface area contributed by atoms with Gasteiger partial charge in [-0.25, -0.2) is 4.79 Å². The van der Waals surface area contributed by atoms with Gasteiger partial charge in [0, 0.05) is 10.6 Å². The smallest absolute Gasteiger partial charge is 0.416 e. The minimum Gasteiger partial charge on any atom is -0.480 e. The normalized spacial score (nSPS) is 12.0.